The summed E-state index contributed by atoms with van der Waals surface area (Å²) in [5, 5.41) is 251. The molecule has 16 unspecified atom stereocenters. The first-order valence-electron chi connectivity index (χ1n) is 45.4. The highest BCUT2D eigenvalue weighted by Crippen LogP contribution is 2.49. The van der Waals surface area contributed by atoms with E-state index >= 15 is 0 Å². The zero-order chi connectivity index (χ0) is 92.3. The van der Waals surface area contributed by atoms with Gasteiger partial charge in [0.25, 0.3) is 0 Å². The highest BCUT2D eigenvalue weighted by atomic mass is 31.2. The summed E-state index contributed by atoms with van der Waals surface area (Å²) in [4.78, 5) is 38.5. The van der Waals surface area contributed by atoms with Crippen LogP contribution in [-0.2, 0) is 89.5 Å². The molecule has 6 aliphatic heterocycles. The summed E-state index contributed by atoms with van der Waals surface area (Å²) >= 11 is 0. The third-order valence-electron chi connectivity index (χ3n) is 24.3. The van der Waals surface area contributed by atoms with Crippen LogP contribution in [0.4, 0.5) is 0 Å². The van der Waals surface area contributed by atoms with Crippen LogP contribution in [0.1, 0.15) is 226 Å². The number of hydrogen-bond donors (Lipinski definition) is 24. The molecule has 6 heterocycles. The van der Waals surface area contributed by atoms with Crippen LogP contribution >= 0.6 is 7.82 Å². The van der Waals surface area contributed by atoms with E-state index in [2.05, 4.69) is 13.8 Å². The molecule has 1 aliphatic carbocycles. The second-order valence-corrected chi connectivity index (χ2v) is 35.7. The number of phosphoric acid groups is 1. The predicted octanol–water partition coefficient (Wildman–Crippen LogP) is -3.38. The van der Waals surface area contributed by atoms with Crippen molar-refractivity contribution in [3.63, 3.8) is 0 Å². The molecule has 126 heavy (non-hydrogen) atoms. The summed E-state index contributed by atoms with van der Waals surface area (Å²) in [7, 11) is -5.88. The van der Waals surface area contributed by atoms with E-state index in [-0.39, 0.29) is 12.8 Å². The van der Waals surface area contributed by atoms with E-state index in [0.29, 0.717) is 19.3 Å². The Morgan fingerprint density at radius 2 is 0.524 bits per heavy atom. The fourth-order valence-electron chi connectivity index (χ4n) is 16.2. The maximum absolute atomic E-state index is 14.6. The standard InChI is InChI=1S/C82H149O43P/c1-3-5-7-9-11-13-15-17-19-21-22-24-26-28-30-32-34-51(85)110-38-44(116-52(86)35-33-31-29-27-25-23-20-18-16-14-12-10-8-6-4-2)39-115-126(108,109)125-76-74(123-81-72(106)60(94)54(88)46(37-84)118-81)66(100)65(99)67(101)75(76)124-82-73(107)64(98)58(92)50(122-82)43-114-80-71(105)63(97)57(91)49(121-80)42-113-79-70(104)62(96)56(90)48(120-79)41-112-78-69(103)61(95)55(89)47(119-78)40-111-77-68(102)59(93)53(87)45(36-83)117-77/h44-50,53-84,87-107H,3-43H2,1-2H3,(H,108,109)/t44-,45?,46?,47?,48?,49?,50?,53+,54-,55+,56+,57+,58+,59?,60?,61?,62?,63?,64?,65+,66?,67?,68+,69+,70+,71+,72-,73+,74-,75?,76+,77-,78-,79-,80-,81-,82+/m1/s1. The summed E-state index contributed by atoms with van der Waals surface area (Å²) < 4.78 is 105. The Bertz CT molecular complexity index is 2980. The van der Waals surface area contributed by atoms with Crippen molar-refractivity contribution in [1.82, 2.24) is 0 Å². The number of rotatable bonds is 59. The van der Waals surface area contributed by atoms with E-state index in [1.807, 2.05) is 0 Å². The molecule has 43 nitrogen and oxygen atoms in total. The van der Waals surface area contributed by atoms with Crippen molar-refractivity contribution in [2.24, 2.45) is 0 Å². The average molecular weight is 1850 g/mol. The number of aliphatic hydroxyl groups excluding tert-OH is 23. The molecule has 1 saturated carbocycles. The van der Waals surface area contributed by atoms with Crippen LogP contribution in [0.25, 0.3) is 0 Å². The molecular weight excluding hydrogens is 1700 g/mol. The maximum Gasteiger partial charge on any atom is 0.472 e. The van der Waals surface area contributed by atoms with Gasteiger partial charge in [-0.2, -0.15) is 0 Å². The molecule has 7 fully saturated rings. The maximum atomic E-state index is 14.6. The minimum absolute atomic E-state index is 0.0266. The monoisotopic (exact) mass is 1850 g/mol. The lowest BCUT2D eigenvalue weighted by Gasteiger charge is -2.49. The molecule has 0 amide bonds. The molecule has 0 bridgehead atoms. The average Bonchev–Trinajstić information content (AvgIpc) is 0.756. The molecule has 44 heteroatoms. The Morgan fingerprint density at radius 1 is 0.286 bits per heavy atom. The van der Waals surface area contributed by atoms with Crippen molar-refractivity contribution in [2.75, 3.05) is 52.9 Å². The van der Waals surface area contributed by atoms with Gasteiger partial charge in [-0.05, 0) is 12.8 Å². The summed E-state index contributed by atoms with van der Waals surface area (Å²) in [6.45, 7) is -2.86. The number of carbonyl (C=O) groups is 2. The van der Waals surface area contributed by atoms with Crippen LogP contribution < -0.4 is 0 Å². The number of esters is 2. The second kappa shape index (κ2) is 57.5. The fraction of sp³-hybridized carbons (Fsp3) is 0.976. The quantitative estimate of drug-likeness (QED) is 0.0160. The number of unbranched alkanes of at least 4 members (excludes halogenated alkanes) is 29. The van der Waals surface area contributed by atoms with Gasteiger partial charge in [-0.25, -0.2) is 4.57 Å². The zero-order valence-electron chi connectivity index (χ0n) is 72.3. The molecule has 0 aromatic rings. The van der Waals surface area contributed by atoms with Gasteiger partial charge >= 0.3 is 19.8 Å². The smallest absolute Gasteiger partial charge is 0.462 e. The minimum Gasteiger partial charge on any atom is -0.462 e. The third-order valence-corrected chi connectivity index (χ3v) is 25.3. The van der Waals surface area contributed by atoms with E-state index in [9.17, 15) is 136 Å². The first kappa shape index (κ1) is 111. The third kappa shape index (κ3) is 33.9. The van der Waals surface area contributed by atoms with Crippen molar-refractivity contribution < 1.29 is 212 Å². The van der Waals surface area contributed by atoms with Gasteiger partial charge in [0, 0.05) is 12.8 Å². The topological polar surface area (TPSA) is 684 Å². The van der Waals surface area contributed by atoms with Crippen LogP contribution in [0.2, 0.25) is 0 Å². The Morgan fingerprint density at radius 3 is 0.817 bits per heavy atom. The molecule has 0 aromatic heterocycles. The summed E-state index contributed by atoms with van der Waals surface area (Å²) in [6, 6.07) is 0. The van der Waals surface area contributed by atoms with Crippen molar-refractivity contribution in [3.8, 4) is 0 Å². The van der Waals surface area contributed by atoms with E-state index in [0.717, 1.165) is 70.6 Å². The molecular formula is C82H149O43P. The molecule has 7 aliphatic rings. The van der Waals surface area contributed by atoms with Gasteiger partial charge in [-0.15, -0.1) is 0 Å². The van der Waals surface area contributed by atoms with E-state index in [4.69, 9.17) is 75.4 Å². The molecule has 6 saturated heterocycles. The second-order valence-electron chi connectivity index (χ2n) is 34.3. The lowest BCUT2D eigenvalue weighted by molar-refractivity contribution is -0.365. The minimum atomic E-state index is -5.88. The highest BCUT2D eigenvalue weighted by Gasteiger charge is 2.60. The Balaban J connectivity index is 0.992. The van der Waals surface area contributed by atoms with E-state index in [1.165, 1.54) is 109 Å². The normalized spacial score (nSPS) is 38.9. The Labute approximate surface area is 734 Å². The van der Waals surface area contributed by atoms with Gasteiger partial charge in [0.1, 0.15) is 190 Å². The van der Waals surface area contributed by atoms with E-state index < -0.39 is 300 Å². The molecule has 0 spiro atoms. The number of carbonyl (C=O) groups excluding carboxylic acids is 2. The molecule has 38 atom stereocenters. The summed E-state index contributed by atoms with van der Waals surface area (Å²) in [6.07, 6.45) is -43.5. The molecule has 740 valence electrons. The Hall–Kier alpha value is -2.35. The highest BCUT2D eigenvalue weighted by molar-refractivity contribution is 7.47. The molecule has 0 radical (unpaired) electrons. The lowest BCUT2D eigenvalue weighted by Crippen LogP contribution is -2.69. The van der Waals surface area contributed by atoms with Gasteiger partial charge in [-0.1, -0.05) is 200 Å². The number of ether oxygens (including phenoxy) is 14. The van der Waals surface area contributed by atoms with Gasteiger partial charge < -0.3 is 189 Å². The number of aliphatic hydroxyl groups is 23. The van der Waals surface area contributed by atoms with Crippen LogP contribution in [-0.4, -0.2) is 414 Å². The first-order valence-corrected chi connectivity index (χ1v) is 46.9. The SMILES string of the molecule is CCCCCCCCCCCCCCCCCCC(=O)OC[C@H](COP(=O)(O)O[C@@H]1C(O[C@@H]2OC(CO[C@@H]3OC(CO[C@@H]4OC(CO[C@@H]5OC(CO[C@@H]6OC(CO)[C@H](O)C(O)[C@@H]6O)[C@H](O)C(O)[C@@H]5O)[C@H](O)C(O)[C@@H]4O)[C@H](O)C(O)[C@@H]3O)[C@H](O)C(O)[C@@H]2O)C(O)[C@@H](O)C(O)[C@H]1O[C@H]1OC(CO)[C@@H](O)C(O)[C@H]1O)OC(=O)CCCCCCCCCCCCCCCCC. The van der Waals surface area contributed by atoms with E-state index in [1.54, 1.807) is 0 Å². The number of hydrogen-bond acceptors (Lipinski definition) is 42. The molecule has 7 rings (SSSR count). The van der Waals surface area contributed by atoms with Crippen molar-refractivity contribution in [3.05, 3.63) is 0 Å². The molecule has 24 N–H and O–H groups in total. The fourth-order valence-corrected chi connectivity index (χ4v) is 17.2. The van der Waals surface area contributed by atoms with Gasteiger partial charge in [-0.3, -0.25) is 18.6 Å². The summed E-state index contributed by atoms with van der Waals surface area (Å²) in [5.74, 6) is -1.49. The van der Waals surface area contributed by atoms with Crippen molar-refractivity contribution in [2.45, 2.75) is 453 Å². The van der Waals surface area contributed by atoms with Crippen LogP contribution in [0.3, 0.4) is 0 Å². The van der Waals surface area contributed by atoms with Gasteiger partial charge in [0.05, 0.1) is 46.2 Å². The number of phosphoric ester groups is 1. The largest absolute Gasteiger partial charge is 0.472 e. The predicted molar refractivity (Wildman–Crippen MR) is 431 cm³/mol. The van der Waals surface area contributed by atoms with Crippen LogP contribution in [0.15, 0.2) is 0 Å². The van der Waals surface area contributed by atoms with Crippen LogP contribution in [0, 0.1) is 0 Å². The van der Waals surface area contributed by atoms with Crippen LogP contribution in [0.5, 0.6) is 0 Å². The van der Waals surface area contributed by atoms with Crippen molar-refractivity contribution in [1.29, 1.82) is 0 Å². The lowest BCUT2D eigenvalue weighted by atomic mass is 9.84. The molecule has 0 aromatic carbocycles. The Kier molecular flexibility index (Phi) is 50.5. The summed E-state index contributed by atoms with van der Waals surface area (Å²) in [5.41, 5.74) is 0. The first-order chi connectivity index (χ1) is 60.2. The zero-order valence-corrected chi connectivity index (χ0v) is 73.2. The van der Waals surface area contributed by atoms with Gasteiger partial charge in [0.15, 0.2) is 43.8 Å². The van der Waals surface area contributed by atoms with Crippen molar-refractivity contribution >= 4 is 19.8 Å². The van der Waals surface area contributed by atoms with Gasteiger partial charge in [0.2, 0.25) is 0 Å².